The second-order valence-electron chi connectivity index (χ2n) is 5.46. The number of hydrogen-bond acceptors (Lipinski definition) is 6. The molecule has 0 saturated carbocycles. The number of carbonyl (C=O) groups excluding carboxylic acids is 1. The molecule has 0 aliphatic rings. The highest BCUT2D eigenvalue weighted by molar-refractivity contribution is 5.87. The number of amides is 1. The van der Waals surface area contributed by atoms with E-state index in [1.165, 1.54) is 12.1 Å². The number of hydrogen-bond donors (Lipinski definition) is 4. The molecule has 7 nitrogen and oxygen atoms in total. The summed E-state index contributed by atoms with van der Waals surface area (Å²) in [6.07, 6.45) is 1.14. The molecular weight excluding hydrogens is 336 g/mol. The van der Waals surface area contributed by atoms with Gasteiger partial charge in [0.25, 0.3) is 5.91 Å². The van der Waals surface area contributed by atoms with Crippen LogP contribution in [0.15, 0.2) is 59.7 Å². The first-order valence-corrected chi connectivity index (χ1v) is 7.72. The van der Waals surface area contributed by atoms with Gasteiger partial charge in [-0.25, -0.2) is 5.43 Å². The van der Waals surface area contributed by atoms with Crippen LogP contribution in [0.3, 0.4) is 0 Å². The lowest BCUT2D eigenvalue weighted by Crippen LogP contribution is -2.24. The Labute approximate surface area is 148 Å². The van der Waals surface area contributed by atoms with Gasteiger partial charge in [0.05, 0.1) is 6.21 Å². The first-order valence-electron chi connectivity index (χ1n) is 7.72. The van der Waals surface area contributed by atoms with Crippen molar-refractivity contribution in [2.75, 3.05) is 6.61 Å². The summed E-state index contributed by atoms with van der Waals surface area (Å²) >= 11 is 0. The summed E-state index contributed by atoms with van der Waals surface area (Å²) in [6, 6.07) is 15.8. The predicted molar refractivity (Wildman–Crippen MR) is 96.6 cm³/mol. The Morgan fingerprint density at radius 3 is 2.58 bits per heavy atom. The molecule has 26 heavy (non-hydrogen) atoms. The van der Waals surface area contributed by atoms with Crippen LogP contribution in [0.5, 0.6) is 23.0 Å². The number of phenolic OH excluding ortho intramolecular Hbond substituents is 3. The van der Waals surface area contributed by atoms with E-state index >= 15 is 0 Å². The number of fused-ring (bicyclic) bond motifs is 1. The van der Waals surface area contributed by atoms with E-state index in [-0.39, 0.29) is 12.2 Å². The fourth-order valence-corrected chi connectivity index (χ4v) is 2.30. The largest absolute Gasteiger partial charge is 0.504 e. The van der Waals surface area contributed by atoms with E-state index < -0.39 is 23.2 Å². The minimum absolute atomic E-state index is 0.135. The molecule has 3 aromatic rings. The Morgan fingerprint density at radius 1 is 1.00 bits per heavy atom. The van der Waals surface area contributed by atoms with Crippen LogP contribution in [0, 0.1) is 0 Å². The van der Waals surface area contributed by atoms with Crippen LogP contribution in [0.4, 0.5) is 0 Å². The number of benzene rings is 3. The zero-order chi connectivity index (χ0) is 18.5. The van der Waals surface area contributed by atoms with Crippen LogP contribution in [-0.4, -0.2) is 34.0 Å². The third-order valence-electron chi connectivity index (χ3n) is 3.64. The highest BCUT2D eigenvalue weighted by Crippen LogP contribution is 2.36. The molecule has 0 radical (unpaired) electrons. The van der Waals surface area contributed by atoms with Crippen molar-refractivity contribution in [3.05, 3.63) is 60.2 Å². The van der Waals surface area contributed by atoms with E-state index in [1.807, 2.05) is 36.4 Å². The van der Waals surface area contributed by atoms with Gasteiger partial charge in [0.2, 0.25) is 5.75 Å². The van der Waals surface area contributed by atoms with Crippen LogP contribution >= 0.6 is 0 Å². The smallest absolute Gasteiger partial charge is 0.277 e. The van der Waals surface area contributed by atoms with Crippen molar-refractivity contribution in [3.63, 3.8) is 0 Å². The molecule has 3 aromatic carbocycles. The van der Waals surface area contributed by atoms with Gasteiger partial charge in [-0.2, -0.15) is 5.10 Å². The van der Waals surface area contributed by atoms with Crippen molar-refractivity contribution in [1.29, 1.82) is 0 Å². The number of rotatable bonds is 5. The lowest BCUT2D eigenvalue weighted by molar-refractivity contribution is -0.123. The molecule has 4 N–H and O–H groups in total. The number of nitrogens with one attached hydrogen (secondary N) is 1. The van der Waals surface area contributed by atoms with Crippen molar-refractivity contribution >= 4 is 22.9 Å². The molecule has 7 heteroatoms. The lowest BCUT2D eigenvalue weighted by atomic mass is 10.1. The molecule has 0 atom stereocenters. The number of aromatic hydroxyl groups is 3. The van der Waals surface area contributed by atoms with Crippen molar-refractivity contribution in [2.24, 2.45) is 5.10 Å². The summed E-state index contributed by atoms with van der Waals surface area (Å²) in [6.45, 7) is -0.234. The van der Waals surface area contributed by atoms with Gasteiger partial charge in [0.15, 0.2) is 18.1 Å². The zero-order valence-corrected chi connectivity index (χ0v) is 13.6. The second kappa shape index (κ2) is 7.43. The minimum Gasteiger partial charge on any atom is -0.504 e. The molecule has 0 saturated heterocycles. The Morgan fingerprint density at radius 2 is 1.77 bits per heavy atom. The predicted octanol–water partition coefficient (Wildman–Crippen LogP) is 2.49. The van der Waals surface area contributed by atoms with Gasteiger partial charge in [0, 0.05) is 5.56 Å². The van der Waals surface area contributed by atoms with Gasteiger partial charge in [-0.15, -0.1) is 0 Å². The van der Waals surface area contributed by atoms with E-state index in [0.717, 1.165) is 17.0 Å². The van der Waals surface area contributed by atoms with Crippen LogP contribution in [0.25, 0.3) is 10.8 Å². The molecule has 0 unspecified atom stereocenters. The van der Waals surface area contributed by atoms with Crippen LogP contribution < -0.4 is 10.2 Å². The molecule has 1 amide bonds. The Bertz CT molecular complexity index is 985. The quantitative estimate of drug-likeness (QED) is 0.320. The minimum atomic E-state index is -0.653. The monoisotopic (exact) mass is 352 g/mol. The van der Waals surface area contributed by atoms with E-state index in [0.29, 0.717) is 5.75 Å². The van der Waals surface area contributed by atoms with Gasteiger partial charge in [-0.3, -0.25) is 4.79 Å². The number of hydrazone groups is 1. The van der Waals surface area contributed by atoms with Crippen LogP contribution in [0.1, 0.15) is 5.56 Å². The molecule has 0 spiro atoms. The van der Waals surface area contributed by atoms with Gasteiger partial charge in [-0.1, -0.05) is 30.3 Å². The maximum atomic E-state index is 11.8. The Hall–Kier alpha value is -3.74. The number of carbonyl (C=O) groups is 1. The summed E-state index contributed by atoms with van der Waals surface area (Å²) < 4.78 is 5.43. The fourth-order valence-electron chi connectivity index (χ4n) is 2.30. The number of phenols is 3. The van der Waals surface area contributed by atoms with Crippen molar-refractivity contribution in [2.45, 2.75) is 0 Å². The van der Waals surface area contributed by atoms with Crippen LogP contribution in [-0.2, 0) is 4.79 Å². The lowest BCUT2D eigenvalue weighted by Gasteiger charge is -2.06. The maximum Gasteiger partial charge on any atom is 0.277 e. The SMILES string of the molecule is O=C(COc1ccc2ccccc2c1)N/N=C/c1ccc(O)c(O)c1O. The molecule has 0 aliphatic heterocycles. The van der Waals surface area contributed by atoms with Gasteiger partial charge in [0.1, 0.15) is 5.75 Å². The number of ether oxygens (including phenoxy) is 1. The summed E-state index contributed by atoms with van der Waals surface area (Å²) in [4.78, 5) is 11.8. The van der Waals surface area contributed by atoms with E-state index in [9.17, 15) is 20.1 Å². The van der Waals surface area contributed by atoms with Gasteiger partial charge >= 0.3 is 0 Å². The molecule has 0 fully saturated rings. The molecule has 3 rings (SSSR count). The third-order valence-corrected chi connectivity index (χ3v) is 3.64. The molecule has 0 bridgehead atoms. The highest BCUT2D eigenvalue weighted by atomic mass is 16.5. The topological polar surface area (TPSA) is 111 Å². The van der Waals surface area contributed by atoms with E-state index in [1.54, 1.807) is 6.07 Å². The number of nitrogens with zero attached hydrogens (tertiary/aromatic N) is 1. The molecule has 0 aromatic heterocycles. The fraction of sp³-hybridized carbons (Fsp3) is 0.0526. The standard InChI is InChI=1S/C19H16N2O5/c22-16-8-6-14(18(24)19(16)25)10-20-21-17(23)11-26-15-7-5-12-3-1-2-4-13(12)9-15/h1-10,22,24-25H,11H2,(H,21,23)/b20-10+. The summed E-state index contributed by atoms with van der Waals surface area (Å²) in [5, 5.41) is 34.1. The summed E-state index contributed by atoms with van der Waals surface area (Å²) in [5.41, 5.74) is 2.39. The van der Waals surface area contributed by atoms with E-state index in [2.05, 4.69) is 10.5 Å². The first kappa shape index (κ1) is 17.1. The summed E-state index contributed by atoms with van der Waals surface area (Å²) in [5.74, 6) is -1.57. The Balaban J connectivity index is 1.56. The van der Waals surface area contributed by atoms with Crippen molar-refractivity contribution in [1.82, 2.24) is 5.43 Å². The maximum absolute atomic E-state index is 11.8. The van der Waals surface area contributed by atoms with Crippen molar-refractivity contribution in [3.8, 4) is 23.0 Å². The highest BCUT2D eigenvalue weighted by Gasteiger charge is 2.09. The van der Waals surface area contributed by atoms with E-state index in [4.69, 9.17) is 4.74 Å². The summed E-state index contributed by atoms with van der Waals surface area (Å²) in [7, 11) is 0. The van der Waals surface area contributed by atoms with Gasteiger partial charge < -0.3 is 20.1 Å². The molecular formula is C19H16N2O5. The van der Waals surface area contributed by atoms with Gasteiger partial charge in [-0.05, 0) is 35.0 Å². The molecule has 132 valence electrons. The average Bonchev–Trinajstić information content (AvgIpc) is 2.66. The first-order chi connectivity index (χ1) is 12.5. The molecule has 0 aliphatic carbocycles. The second-order valence-corrected chi connectivity index (χ2v) is 5.46. The Kier molecular flexibility index (Phi) is 4.89. The average molecular weight is 352 g/mol. The third kappa shape index (κ3) is 3.84. The van der Waals surface area contributed by atoms with Crippen molar-refractivity contribution < 1.29 is 24.9 Å². The van der Waals surface area contributed by atoms with Crippen LogP contribution in [0.2, 0.25) is 0 Å². The molecule has 0 heterocycles. The zero-order valence-electron chi connectivity index (χ0n) is 13.6. The normalized spacial score (nSPS) is 10.9.